The normalized spacial score (nSPS) is 19.7. The molecular weight excluding hydrogens is 364 g/mol. The van der Waals surface area contributed by atoms with Gasteiger partial charge < -0.3 is 20.3 Å². The number of nitrogens with zero attached hydrogens (tertiary/aromatic N) is 2. The molecule has 6 nitrogen and oxygen atoms in total. The lowest BCUT2D eigenvalue weighted by Crippen LogP contribution is -2.48. The molecular formula is C23H30N4O2. The van der Waals surface area contributed by atoms with Gasteiger partial charge in [-0.05, 0) is 37.1 Å². The maximum atomic E-state index is 12.8. The lowest BCUT2D eigenvalue weighted by atomic mass is 10.1. The van der Waals surface area contributed by atoms with Crippen LogP contribution in [0.25, 0.3) is 0 Å². The van der Waals surface area contributed by atoms with E-state index in [1.807, 2.05) is 61.2 Å². The van der Waals surface area contributed by atoms with Crippen LogP contribution in [0.1, 0.15) is 35.3 Å². The number of carbonyl (C=O) groups is 1. The number of amides is 1. The third kappa shape index (κ3) is 6.06. The molecule has 0 aromatic heterocycles. The molecule has 0 saturated carbocycles. The first-order chi connectivity index (χ1) is 14.0. The first-order valence-electron chi connectivity index (χ1n) is 10.1. The van der Waals surface area contributed by atoms with Gasteiger partial charge in [-0.25, -0.2) is 0 Å². The number of nitrogens with one attached hydrogen (secondary N) is 2. The molecule has 6 heteroatoms. The molecule has 1 heterocycles. The van der Waals surface area contributed by atoms with E-state index in [0.717, 1.165) is 11.5 Å². The van der Waals surface area contributed by atoms with Crippen molar-refractivity contribution in [3.63, 3.8) is 0 Å². The number of rotatable bonds is 5. The van der Waals surface area contributed by atoms with Gasteiger partial charge in [-0.3, -0.25) is 9.79 Å². The molecule has 2 aromatic rings. The molecule has 1 amide bonds. The summed E-state index contributed by atoms with van der Waals surface area (Å²) >= 11 is 0. The molecule has 2 aromatic carbocycles. The minimum atomic E-state index is 0.0619. The monoisotopic (exact) mass is 394 g/mol. The topological polar surface area (TPSA) is 66.0 Å². The molecule has 0 radical (unpaired) electrons. The molecule has 3 rings (SSSR count). The largest absolute Gasteiger partial charge is 0.372 e. The van der Waals surface area contributed by atoms with Crippen LogP contribution in [-0.2, 0) is 17.8 Å². The van der Waals surface area contributed by atoms with Crippen molar-refractivity contribution in [3.8, 4) is 0 Å². The van der Waals surface area contributed by atoms with E-state index < -0.39 is 0 Å². The first-order valence-corrected chi connectivity index (χ1v) is 10.1. The highest BCUT2D eigenvalue weighted by Crippen LogP contribution is 2.15. The van der Waals surface area contributed by atoms with Crippen molar-refractivity contribution in [1.82, 2.24) is 15.5 Å². The maximum Gasteiger partial charge on any atom is 0.254 e. The van der Waals surface area contributed by atoms with E-state index in [1.165, 1.54) is 5.56 Å². The minimum absolute atomic E-state index is 0.0619. The van der Waals surface area contributed by atoms with Crippen LogP contribution in [0.2, 0.25) is 0 Å². The number of morpholine rings is 1. The Balaban J connectivity index is 1.51. The molecule has 0 bridgehead atoms. The first kappa shape index (κ1) is 20.9. The summed E-state index contributed by atoms with van der Waals surface area (Å²) < 4.78 is 5.72. The van der Waals surface area contributed by atoms with Crippen LogP contribution in [0.4, 0.5) is 0 Å². The van der Waals surface area contributed by atoms with Gasteiger partial charge in [0.2, 0.25) is 0 Å². The molecule has 0 spiro atoms. The van der Waals surface area contributed by atoms with Crippen molar-refractivity contribution >= 4 is 11.9 Å². The molecule has 1 saturated heterocycles. The third-order valence-corrected chi connectivity index (χ3v) is 4.89. The lowest BCUT2D eigenvalue weighted by Gasteiger charge is -2.35. The Morgan fingerprint density at radius 3 is 2.07 bits per heavy atom. The smallest absolute Gasteiger partial charge is 0.254 e. The molecule has 0 aliphatic carbocycles. The summed E-state index contributed by atoms with van der Waals surface area (Å²) in [6, 6.07) is 18.0. The summed E-state index contributed by atoms with van der Waals surface area (Å²) in [5, 5.41) is 6.61. The van der Waals surface area contributed by atoms with Crippen LogP contribution in [-0.4, -0.2) is 49.1 Å². The highest BCUT2D eigenvalue weighted by molar-refractivity contribution is 5.94. The Morgan fingerprint density at radius 1 is 0.966 bits per heavy atom. The molecule has 2 atom stereocenters. The molecule has 29 heavy (non-hydrogen) atoms. The van der Waals surface area contributed by atoms with E-state index in [9.17, 15) is 4.79 Å². The van der Waals surface area contributed by atoms with E-state index in [4.69, 9.17) is 4.74 Å². The van der Waals surface area contributed by atoms with Crippen LogP contribution >= 0.6 is 0 Å². The lowest BCUT2D eigenvalue weighted by molar-refractivity contribution is -0.0586. The fourth-order valence-electron chi connectivity index (χ4n) is 3.48. The molecule has 154 valence electrons. The van der Waals surface area contributed by atoms with Crippen molar-refractivity contribution in [2.45, 2.75) is 39.1 Å². The maximum absolute atomic E-state index is 12.8. The predicted octanol–water partition coefficient (Wildman–Crippen LogP) is 2.80. The number of ether oxygens (including phenoxy) is 1. The zero-order valence-corrected chi connectivity index (χ0v) is 17.4. The highest BCUT2D eigenvalue weighted by atomic mass is 16.5. The van der Waals surface area contributed by atoms with Gasteiger partial charge in [-0.15, -0.1) is 0 Å². The van der Waals surface area contributed by atoms with Crippen LogP contribution in [0.15, 0.2) is 59.6 Å². The van der Waals surface area contributed by atoms with Gasteiger partial charge in [0.1, 0.15) is 0 Å². The van der Waals surface area contributed by atoms with Gasteiger partial charge in [0, 0.05) is 38.8 Å². The van der Waals surface area contributed by atoms with Crippen molar-refractivity contribution in [3.05, 3.63) is 71.3 Å². The molecule has 1 fully saturated rings. The number of hydrogen-bond acceptors (Lipinski definition) is 3. The fraction of sp³-hybridized carbons (Fsp3) is 0.391. The summed E-state index contributed by atoms with van der Waals surface area (Å²) in [4.78, 5) is 18.9. The Kier molecular flexibility index (Phi) is 7.25. The Labute approximate surface area is 173 Å². The van der Waals surface area contributed by atoms with Gasteiger partial charge in [0.25, 0.3) is 5.91 Å². The van der Waals surface area contributed by atoms with Crippen LogP contribution in [0, 0.1) is 0 Å². The van der Waals surface area contributed by atoms with Crippen molar-refractivity contribution in [2.24, 2.45) is 4.99 Å². The second kappa shape index (κ2) is 10.1. The van der Waals surface area contributed by atoms with E-state index in [2.05, 4.69) is 27.8 Å². The minimum Gasteiger partial charge on any atom is -0.372 e. The second-order valence-electron chi connectivity index (χ2n) is 7.43. The number of hydrogen-bond donors (Lipinski definition) is 2. The average molecular weight is 395 g/mol. The van der Waals surface area contributed by atoms with Gasteiger partial charge in [-0.1, -0.05) is 42.5 Å². The highest BCUT2D eigenvalue weighted by Gasteiger charge is 2.26. The second-order valence-corrected chi connectivity index (χ2v) is 7.43. The molecule has 1 aliphatic rings. The number of benzene rings is 2. The summed E-state index contributed by atoms with van der Waals surface area (Å²) in [6.45, 7) is 6.62. The number of guanidine groups is 1. The van der Waals surface area contributed by atoms with Crippen LogP contribution in [0.3, 0.4) is 0 Å². The number of aliphatic imine (C=N–C) groups is 1. The Morgan fingerprint density at radius 2 is 1.52 bits per heavy atom. The van der Waals surface area contributed by atoms with Gasteiger partial charge in [0.15, 0.2) is 5.96 Å². The summed E-state index contributed by atoms with van der Waals surface area (Å²) in [5.41, 5.74) is 3.00. The average Bonchev–Trinajstić information content (AvgIpc) is 2.74. The van der Waals surface area contributed by atoms with Crippen molar-refractivity contribution in [1.29, 1.82) is 0 Å². The molecule has 2 N–H and O–H groups in total. The zero-order chi connectivity index (χ0) is 20.6. The van der Waals surface area contributed by atoms with Crippen LogP contribution in [0.5, 0.6) is 0 Å². The van der Waals surface area contributed by atoms with E-state index in [1.54, 1.807) is 7.05 Å². The standard InChI is InChI=1S/C23H30N4O2/c1-17-15-27(16-18(2)29-17)22(28)21-11-9-20(10-12-21)14-26-23(24-3)25-13-19-7-5-4-6-8-19/h4-12,17-18H,13-16H2,1-3H3,(H2,24,25,26). The summed E-state index contributed by atoms with van der Waals surface area (Å²) in [6.07, 6.45) is 0.141. The third-order valence-electron chi connectivity index (χ3n) is 4.89. The SMILES string of the molecule is CN=C(NCc1ccccc1)NCc1ccc(C(=O)N2CC(C)OC(C)C2)cc1. The Hall–Kier alpha value is -2.86. The molecule has 2 unspecified atom stereocenters. The van der Waals surface area contributed by atoms with Crippen molar-refractivity contribution in [2.75, 3.05) is 20.1 Å². The van der Waals surface area contributed by atoms with E-state index >= 15 is 0 Å². The molecule has 1 aliphatic heterocycles. The van der Waals surface area contributed by atoms with Gasteiger partial charge >= 0.3 is 0 Å². The van der Waals surface area contributed by atoms with Gasteiger partial charge in [-0.2, -0.15) is 0 Å². The summed E-state index contributed by atoms with van der Waals surface area (Å²) in [5.74, 6) is 0.803. The zero-order valence-electron chi connectivity index (χ0n) is 17.4. The Bertz CT molecular complexity index is 811. The van der Waals surface area contributed by atoms with Crippen LogP contribution < -0.4 is 10.6 Å². The summed E-state index contributed by atoms with van der Waals surface area (Å²) in [7, 11) is 1.76. The van der Waals surface area contributed by atoms with Crippen molar-refractivity contribution < 1.29 is 9.53 Å². The number of carbonyl (C=O) groups excluding carboxylic acids is 1. The van der Waals surface area contributed by atoms with E-state index in [0.29, 0.717) is 31.7 Å². The predicted molar refractivity (Wildman–Crippen MR) is 116 cm³/mol. The fourth-order valence-corrected chi connectivity index (χ4v) is 3.48. The van der Waals surface area contributed by atoms with E-state index in [-0.39, 0.29) is 18.1 Å². The van der Waals surface area contributed by atoms with Gasteiger partial charge in [0.05, 0.1) is 12.2 Å². The quantitative estimate of drug-likeness (QED) is 0.605.